The van der Waals surface area contributed by atoms with Gasteiger partial charge in [0.05, 0.1) is 14.2 Å². The quantitative estimate of drug-likeness (QED) is 0.495. The van der Waals surface area contributed by atoms with Gasteiger partial charge in [-0.3, -0.25) is 0 Å². The van der Waals surface area contributed by atoms with Gasteiger partial charge in [-0.1, -0.05) is 22.0 Å². The Kier molecular flexibility index (Phi) is 6.07. The summed E-state index contributed by atoms with van der Waals surface area (Å²) in [5.74, 6) is -1.18. The molecular weight excluding hydrogens is 478 g/mol. The number of aromatic amines is 1. The SMILES string of the molecule is COc1nc(NS(=O)(=O)c2c[nH]c3cc(Br)ccc23)nc(OC)c1OCC(F)F. The zero-order valence-electron chi connectivity index (χ0n) is 15.1. The summed E-state index contributed by atoms with van der Waals surface area (Å²) in [5.41, 5.74) is 0.603. The van der Waals surface area contributed by atoms with Crippen molar-refractivity contribution in [3.8, 4) is 17.5 Å². The van der Waals surface area contributed by atoms with Gasteiger partial charge in [-0.15, -0.1) is 0 Å². The molecular formula is C16H15BrF2N4O5S. The zero-order valence-corrected chi connectivity index (χ0v) is 17.5. The van der Waals surface area contributed by atoms with Crippen molar-refractivity contribution in [2.45, 2.75) is 11.3 Å². The number of halogens is 3. The van der Waals surface area contributed by atoms with Crippen molar-refractivity contribution in [2.24, 2.45) is 0 Å². The fourth-order valence-electron chi connectivity index (χ4n) is 2.47. The minimum absolute atomic E-state index is 0.0282. The lowest BCUT2D eigenvalue weighted by Crippen LogP contribution is -2.16. The van der Waals surface area contributed by atoms with E-state index in [0.717, 1.165) is 4.47 Å². The molecule has 0 aliphatic rings. The third kappa shape index (κ3) is 4.50. The molecule has 1 aromatic carbocycles. The highest BCUT2D eigenvalue weighted by atomic mass is 79.9. The molecule has 0 aliphatic heterocycles. The van der Waals surface area contributed by atoms with Crippen LogP contribution in [0.2, 0.25) is 0 Å². The van der Waals surface area contributed by atoms with Crippen LogP contribution in [-0.4, -0.2) is 50.6 Å². The zero-order chi connectivity index (χ0) is 21.2. The number of nitrogens with zero attached hydrogens (tertiary/aromatic N) is 2. The van der Waals surface area contributed by atoms with Crippen LogP contribution in [-0.2, 0) is 10.0 Å². The predicted octanol–water partition coefficient (Wildman–Crippen LogP) is 3.18. The Balaban J connectivity index is 1.97. The summed E-state index contributed by atoms with van der Waals surface area (Å²) in [6.07, 6.45) is -1.42. The lowest BCUT2D eigenvalue weighted by molar-refractivity contribution is 0.0781. The number of fused-ring (bicyclic) bond motifs is 1. The predicted molar refractivity (Wildman–Crippen MR) is 103 cm³/mol. The lowest BCUT2D eigenvalue weighted by atomic mass is 10.2. The molecule has 0 atom stereocenters. The van der Waals surface area contributed by atoms with E-state index < -0.39 is 23.1 Å². The number of hydrogen-bond donors (Lipinski definition) is 2. The summed E-state index contributed by atoms with van der Waals surface area (Å²) < 4.78 is 68.5. The van der Waals surface area contributed by atoms with Gasteiger partial charge in [-0.25, -0.2) is 21.9 Å². The van der Waals surface area contributed by atoms with Crippen molar-refractivity contribution < 1.29 is 31.4 Å². The Hall–Kier alpha value is -2.67. The van der Waals surface area contributed by atoms with E-state index in [2.05, 4.69) is 35.6 Å². The average Bonchev–Trinajstić information content (AvgIpc) is 3.09. The standard InChI is InChI=1S/C16H15BrF2N4O5S/c1-26-14-13(28-7-12(18)19)15(27-2)22-16(21-14)23-29(24,25)11-6-20-10-5-8(17)3-4-9(10)11/h3-6,12,20H,7H2,1-2H3,(H,21,22,23). The second-order valence-corrected chi connectivity index (χ2v) is 8.11. The lowest BCUT2D eigenvalue weighted by Gasteiger charge is -2.14. The fourth-order valence-corrected chi connectivity index (χ4v) is 3.96. The minimum atomic E-state index is -4.09. The van der Waals surface area contributed by atoms with Crippen molar-refractivity contribution in [3.63, 3.8) is 0 Å². The summed E-state index contributed by atoms with van der Waals surface area (Å²) >= 11 is 3.31. The topological polar surface area (TPSA) is 115 Å². The second-order valence-electron chi connectivity index (χ2n) is 5.55. The van der Waals surface area contributed by atoms with E-state index in [1.54, 1.807) is 18.2 Å². The first-order chi connectivity index (χ1) is 13.7. The summed E-state index contributed by atoms with van der Waals surface area (Å²) in [6, 6.07) is 5.06. The molecule has 3 aromatic rings. The van der Waals surface area contributed by atoms with E-state index in [9.17, 15) is 17.2 Å². The number of rotatable bonds is 8. The van der Waals surface area contributed by atoms with E-state index in [4.69, 9.17) is 14.2 Å². The molecule has 13 heteroatoms. The molecule has 29 heavy (non-hydrogen) atoms. The Morgan fingerprint density at radius 3 is 2.45 bits per heavy atom. The number of ether oxygens (including phenoxy) is 3. The van der Waals surface area contributed by atoms with Gasteiger partial charge in [0, 0.05) is 21.6 Å². The van der Waals surface area contributed by atoms with Gasteiger partial charge in [0.2, 0.25) is 11.7 Å². The highest BCUT2D eigenvalue weighted by Crippen LogP contribution is 2.36. The number of sulfonamides is 1. The molecule has 3 rings (SSSR count). The Morgan fingerprint density at radius 2 is 1.86 bits per heavy atom. The average molecular weight is 493 g/mol. The van der Waals surface area contributed by atoms with E-state index in [-0.39, 0.29) is 28.4 Å². The molecule has 0 fully saturated rings. The van der Waals surface area contributed by atoms with Crippen LogP contribution in [0.15, 0.2) is 33.8 Å². The maximum atomic E-state index is 12.8. The van der Waals surface area contributed by atoms with Crippen LogP contribution >= 0.6 is 15.9 Å². The number of methoxy groups -OCH3 is 2. The second kappa shape index (κ2) is 8.37. The molecule has 0 bridgehead atoms. The van der Waals surface area contributed by atoms with Crippen molar-refractivity contribution in [1.29, 1.82) is 0 Å². The van der Waals surface area contributed by atoms with E-state index in [1.165, 1.54) is 20.4 Å². The highest BCUT2D eigenvalue weighted by molar-refractivity contribution is 9.10. The monoisotopic (exact) mass is 492 g/mol. The molecule has 0 radical (unpaired) electrons. The van der Waals surface area contributed by atoms with Gasteiger partial charge < -0.3 is 19.2 Å². The van der Waals surface area contributed by atoms with Gasteiger partial charge in [0.1, 0.15) is 11.5 Å². The fraction of sp³-hybridized carbons (Fsp3) is 0.250. The van der Waals surface area contributed by atoms with Crippen molar-refractivity contribution >= 4 is 42.8 Å². The first kappa shape index (κ1) is 21.0. The van der Waals surface area contributed by atoms with Crippen molar-refractivity contribution in [1.82, 2.24) is 15.0 Å². The van der Waals surface area contributed by atoms with E-state index >= 15 is 0 Å². The molecule has 9 nitrogen and oxygen atoms in total. The summed E-state index contributed by atoms with van der Waals surface area (Å²) in [5, 5.41) is 0.455. The normalized spacial score (nSPS) is 11.7. The first-order valence-corrected chi connectivity index (χ1v) is 10.2. The maximum absolute atomic E-state index is 12.8. The van der Waals surface area contributed by atoms with Crippen molar-refractivity contribution in [2.75, 3.05) is 25.5 Å². The number of nitrogens with one attached hydrogen (secondary N) is 2. The number of H-pyrrole nitrogens is 1. The van der Waals surface area contributed by atoms with Crippen LogP contribution in [0.3, 0.4) is 0 Å². The van der Waals surface area contributed by atoms with Gasteiger partial charge in [-0.2, -0.15) is 9.97 Å². The van der Waals surface area contributed by atoms with Crippen LogP contribution in [0, 0.1) is 0 Å². The summed E-state index contributed by atoms with van der Waals surface area (Å²) in [6.45, 7) is -0.938. The van der Waals surface area contributed by atoms with Crippen LogP contribution in [0.5, 0.6) is 17.5 Å². The minimum Gasteiger partial charge on any atom is -0.478 e. The third-order valence-corrected chi connectivity index (χ3v) is 5.53. The molecule has 0 unspecified atom stereocenters. The van der Waals surface area contributed by atoms with Crippen LogP contribution in [0.1, 0.15) is 0 Å². The molecule has 0 spiro atoms. The van der Waals surface area contributed by atoms with Crippen molar-refractivity contribution in [3.05, 3.63) is 28.9 Å². The Bertz CT molecular complexity index is 1110. The number of benzene rings is 1. The maximum Gasteiger partial charge on any atom is 0.272 e. The smallest absolute Gasteiger partial charge is 0.272 e. The molecule has 2 N–H and O–H groups in total. The molecule has 0 saturated heterocycles. The number of alkyl halides is 2. The summed E-state index contributed by atoms with van der Waals surface area (Å²) in [7, 11) is -1.66. The first-order valence-electron chi connectivity index (χ1n) is 7.95. The molecule has 2 heterocycles. The largest absolute Gasteiger partial charge is 0.478 e. The molecule has 0 saturated carbocycles. The number of aromatic nitrogens is 3. The Labute approximate surface area is 172 Å². The summed E-state index contributed by atoms with van der Waals surface area (Å²) in [4.78, 5) is 10.6. The molecule has 0 aliphatic carbocycles. The van der Waals surface area contributed by atoms with Gasteiger partial charge in [-0.05, 0) is 12.1 Å². The van der Waals surface area contributed by atoms with E-state index in [0.29, 0.717) is 10.9 Å². The van der Waals surface area contributed by atoms with Gasteiger partial charge >= 0.3 is 0 Å². The van der Waals surface area contributed by atoms with E-state index in [1.807, 2.05) is 0 Å². The molecule has 156 valence electrons. The highest BCUT2D eigenvalue weighted by Gasteiger charge is 2.24. The van der Waals surface area contributed by atoms with Gasteiger partial charge in [0.15, 0.2) is 0 Å². The van der Waals surface area contributed by atoms with Crippen LogP contribution in [0.25, 0.3) is 10.9 Å². The molecule has 2 aromatic heterocycles. The number of anilines is 1. The van der Waals surface area contributed by atoms with Crippen LogP contribution in [0.4, 0.5) is 14.7 Å². The molecule has 0 amide bonds. The number of hydrogen-bond acceptors (Lipinski definition) is 7. The Morgan fingerprint density at radius 1 is 1.21 bits per heavy atom. The van der Waals surface area contributed by atoms with Gasteiger partial charge in [0.25, 0.3) is 28.2 Å². The van der Waals surface area contributed by atoms with Crippen LogP contribution < -0.4 is 18.9 Å². The third-order valence-electron chi connectivity index (χ3n) is 3.66.